The zero-order chi connectivity index (χ0) is 36.6. The van der Waals surface area contributed by atoms with E-state index in [4.69, 9.17) is 19.0 Å². The molecule has 0 saturated heterocycles. The minimum absolute atomic E-state index is 0.0398. The molecule has 0 saturated carbocycles. The summed E-state index contributed by atoms with van der Waals surface area (Å²) in [6.07, 6.45) is 0.262. The number of esters is 1. The number of ether oxygens (including phenoxy) is 3. The van der Waals surface area contributed by atoms with Crippen molar-refractivity contribution in [3.8, 4) is 28.7 Å². The molecule has 5 aromatic carbocycles. The van der Waals surface area contributed by atoms with Crippen molar-refractivity contribution in [2.24, 2.45) is 0 Å². The Kier molecular flexibility index (Phi) is 11.5. The van der Waals surface area contributed by atoms with E-state index in [0.29, 0.717) is 33.8 Å². The monoisotopic (exact) mass is 1150 g/mol. The number of phenolic OH excluding ortho intramolecular Hbond substituents is 1. The van der Waals surface area contributed by atoms with Crippen LogP contribution in [-0.4, -0.2) is 39.9 Å². The molecule has 0 fully saturated rings. The van der Waals surface area contributed by atoms with Crippen LogP contribution in [0.25, 0.3) is 0 Å². The zero-order valence-corrected chi connectivity index (χ0v) is 35.8. The zero-order valence-electron chi connectivity index (χ0n) is 27.2. The summed E-state index contributed by atoms with van der Waals surface area (Å²) in [5.74, 6) is 1.11. The van der Waals surface area contributed by atoms with Gasteiger partial charge in [0.15, 0.2) is 5.60 Å². The van der Waals surface area contributed by atoms with Crippen LogP contribution in [0.5, 0.6) is 28.7 Å². The minimum atomic E-state index is -1.23. The second-order valence-corrected chi connectivity index (χ2v) is 17.8. The molecule has 0 aliphatic carbocycles. The van der Waals surface area contributed by atoms with Crippen molar-refractivity contribution in [3.05, 3.63) is 139 Å². The molecule has 2 heterocycles. The van der Waals surface area contributed by atoms with Crippen molar-refractivity contribution in [3.63, 3.8) is 0 Å². The standard InChI is InChI=1S/C38H29I4N2O8/c1-42-31-12-21(11-30(41)35(31)50-25-15-22(39)14-23(40)16-25)13-32(36(46)47)43-19-49-44-18-20-6-8-27-26(10-20)37(48)52-38(27)28-4-2-3-5-33(28)51-34-17-24(45)7-9-29(34)38/h2-12,14-17,32,43-45H,13,18-19H2,1H3,(H,46,47)/q-1. The number of hydrogen-bond acceptors (Lipinski definition) is 9. The van der Waals surface area contributed by atoms with E-state index in [1.807, 2.05) is 54.6 Å². The number of halogens is 4. The van der Waals surface area contributed by atoms with E-state index in [1.54, 1.807) is 24.3 Å². The number of fused-ring (bicyclic) bond motifs is 6. The summed E-state index contributed by atoms with van der Waals surface area (Å²) in [4.78, 5) is 33.4. The van der Waals surface area contributed by atoms with E-state index < -0.39 is 23.6 Å². The normalized spacial score (nSPS) is 16.1. The number of aliphatic carboxylic acids is 1. The molecule has 0 amide bonds. The fourth-order valence-electron chi connectivity index (χ4n) is 6.31. The van der Waals surface area contributed by atoms with Crippen molar-refractivity contribution < 1.29 is 60.1 Å². The third-order valence-corrected chi connectivity index (χ3v) is 12.6. The maximum absolute atomic E-state index is 13.4. The van der Waals surface area contributed by atoms with Crippen LogP contribution in [0.3, 0.4) is 0 Å². The third kappa shape index (κ3) is 7.61. The Morgan fingerprint density at radius 2 is 1.65 bits per heavy atom. The summed E-state index contributed by atoms with van der Waals surface area (Å²) in [5.41, 5.74) is 5.69. The fraction of sp³-hybridized carbons (Fsp3) is 0.158. The molecule has 1 spiro atoms. The molecular weight excluding hydrogens is 1120 g/mol. The Bertz CT molecular complexity index is 2200. The molecule has 7 rings (SSSR count). The van der Waals surface area contributed by atoms with Gasteiger partial charge in [-0.2, -0.15) is 0 Å². The van der Waals surface area contributed by atoms with Gasteiger partial charge in [-0.25, -0.2) is 4.79 Å². The van der Waals surface area contributed by atoms with Crippen LogP contribution in [-0.2, 0) is 32.9 Å². The average Bonchev–Trinajstić information content (AvgIpc) is 3.39. The van der Waals surface area contributed by atoms with Gasteiger partial charge in [-0.05, 0) is 18.2 Å². The number of hydrogen-bond donors (Lipinski definition) is 4. The Hall–Kier alpha value is -2.76. The fourth-order valence-corrected chi connectivity index (χ4v) is 11.1. The van der Waals surface area contributed by atoms with Crippen molar-refractivity contribution in [2.45, 2.75) is 24.6 Å². The second-order valence-electron chi connectivity index (χ2n) is 11.9. The summed E-state index contributed by atoms with van der Waals surface area (Å²) >= 11 is 6.45. The number of carbonyl (C=O) groups excluding carboxylic acids is 1. The number of phenols is 1. The molecule has 2 aliphatic heterocycles. The molecule has 0 bridgehead atoms. The molecule has 10 nitrogen and oxygen atoms in total. The Labute approximate surface area is 350 Å². The van der Waals surface area contributed by atoms with Crippen LogP contribution >= 0.6 is 67.8 Å². The molecule has 2 unspecified atom stereocenters. The molecule has 2 aliphatic rings. The molecule has 52 heavy (non-hydrogen) atoms. The molecule has 0 aromatic heterocycles. The molecular formula is C38H29I4N2O8-. The first kappa shape index (κ1) is 37.6. The average molecular weight is 1150 g/mol. The predicted octanol–water partition coefficient (Wildman–Crippen LogP) is 4.72. The summed E-state index contributed by atoms with van der Waals surface area (Å²) < 4.78 is 22.8. The van der Waals surface area contributed by atoms with Gasteiger partial charge >= 0.3 is 241 Å². The van der Waals surface area contributed by atoms with E-state index in [-0.39, 0.29) is 46.7 Å². The number of para-hydroxylation sites is 1. The summed E-state index contributed by atoms with van der Waals surface area (Å²) in [7, 11) is 0. The predicted molar refractivity (Wildman–Crippen MR) is 213 cm³/mol. The number of aromatic hydroxyl groups is 1. The summed E-state index contributed by atoms with van der Waals surface area (Å²) in [5, 5.41) is 23.1. The number of carboxylic acids is 1. The van der Waals surface area contributed by atoms with Gasteiger partial charge in [0.05, 0.1) is 5.56 Å². The van der Waals surface area contributed by atoms with Gasteiger partial charge in [0, 0.05) is 22.8 Å². The van der Waals surface area contributed by atoms with E-state index in [1.165, 1.54) is 6.07 Å². The van der Waals surface area contributed by atoms with Crippen molar-refractivity contribution in [1.29, 1.82) is 0 Å². The number of carbonyl (C=O) groups is 2. The van der Waals surface area contributed by atoms with Crippen LogP contribution in [0.2, 0.25) is 0 Å². The van der Waals surface area contributed by atoms with E-state index in [9.17, 15) is 19.8 Å². The van der Waals surface area contributed by atoms with Crippen molar-refractivity contribution in [1.82, 2.24) is 10.8 Å². The third-order valence-electron chi connectivity index (χ3n) is 8.60. The van der Waals surface area contributed by atoms with Gasteiger partial charge in [0.1, 0.15) is 17.2 Å². The van der Waals surface area contributed by atoms with E-state index in [2.05, 4.69) is 89.6 Å². The number of alkyl halides is 1. The quantitative estimate of drug-likeness (QED) is 0.0348. The second kappa shape index (κ2) is 15.9. The Morgan fingerprint density at radius 3 is 2.42 bits per heavy atom. The Balaban J connectivity index is 0.998. The van der Waals surface area contributed by atoms with Crippen LogP contribution in [0.15, 0.2) is 91.0 Å². The molecule has 0 radical (unpaired) electrons. The molecule has 14 heteroatoms. The van der Waals surface area contributed by atoms with Crippen LogP contribution in [0, 0.1) is 14.3 Å². The molecule has 2 atom stereocenters. The SMILES string of the molecule is C[I-]c1cc(CC(NCONCc2ccc3c(c2)C(=O)OC32c3ccccc3Oc3cc(O)ccc32)C(=O)O)cc(I)c1Oc1cc(I)cc(I)c1. The number of rotatable bonds is 12. The summed E-state index contributed by atoms with van der Waals surface area (Å²) in [6, 6.07) is 26.9. The van der Waals surface area contributed by atoms with E-state index in [0.717, 1.165) is 36.9 Å². The molecule has 4 N–H and O–H groups in total. The van der Waals surface area contributed by atoms with Crippen molar-refractivity contribution >= 4 is 79.7 Å². The van der Waals surface area contributed by atoms with Gasteiger partial charge in [-0.1, -0.05) is 24.3 Å². The maximum atomic E-state index is 13.4. The molecule has 268 valence electrons. The topological polar surface area (TPSA) is 136 Å². The van der Waals surface area contributed by atoms with Gasteiger partial charge in [-0.3, -0.25) is 0 Å². The Morgan fingerprint density at radius 1 is 0.904 bits per heavy atom. The first-order chi connectivity index (χ1) is 25.0. The van der Waals surface area contributed by atoms with Gasteiger partial charge in [0.25, 0.3) is 0 Å². The van der Waals surface area contributed by atoms with E-state index >= 15 is 0 Å². The van der Waals surface area contributed by atoms with Gasteiger partial charge < -0.3 is 14.6 Å². The number of carboxylic acid groups (broad SMARTS) is 1. The van der Waals surface area contributed by atoms with Crippen LogP contribution < -0.4 is 41.5 Å². The summed E-state index contributed by atoms with van der Waals surface area (Å²) in [6.45, 7) is 0.185. The first-order valence-electron chi connectivity index (χ1n) is 15.8. The van der Waals surface area contributed by atoms with Crippen LogP contribution in [0.4, 0.5) is 0 Å². The van der Waals surface area contributed by atoms with Crippen LogP contribution in [0.1, 0.15) is 38.2 Å². The van der Waals surface area contributed by atoms with Gasteiger partial charge in [-0.15, -0.1) is 0 Å². The van der Waals surface area contributed by atoms with Gasteiger partial charge in [0.2, 0.25) is 0 Å². The number of hydroxylamine groups is 1. The first-order valence-corrected chi connectivity index (χ1v) is 22.3. The molecule has 5 aromatic rings. The van der Waals surface area contributed by atoms with Crippen molar-refractivity contribution in [2.75, 3.05) is 11.7 Å². The number of benzene rings is 5. The number of nitrogens with one attached hydrogen (secondary N) is 2.